The van der Waals surface area contributed by atoms with Gasteiger partial charge < -0.3 is 19.3 Å². The molecule has 0 radical (unpaired) electrons. The monoisotopic (exact) mass is 462 g/mol. The lowest BCUT2D eigenvalue weighted by Crippen LogP contribution is -2.50. The zero-order valence-electron chi connectivity index (χ0n) is 18.8. The highest BCUT2D eigenvalue weighted by Gasteiger charge is 2.33. The number of benzene rings is 1. The second-order valence-corrected chi connectivity index (χ2v) is 10.6. The fourth-order valence-electron chi connectivity index (χ4n) is 4.58. The molecule has 32 heavy (non-hydrogen) atoms. The summed E-state index contributed by atoms with van der Waals surface area (Å²) in [4.78, 5) is 16.7. The van der Waals surface area contributed by atoms with Crippen LogP contribution in [0.5, 0.6) is 11.5 Å². The summed E-state index contributed by atoms with van der Waals surface area (Å²) in [5, 5.41) is 4.66. The van der Waals surface area contributed by atoms with Crippen LogP contribution < -0.4 is 14.4 Å². The van der Waals surface area contributed by atoms with Gasteiger partial charge >= 0.3 is 0 Å². The number of anilines is 1. The Morgan fingerprint density at radius 3 is 2.44 bits per heavy atom. The maximum absolute atomic E-state index is 12.7. The predicted molar refractivity (Wildman–Crippen MR) is 121 cm³/mol. The molecular formula is C22H30N4O5S. The van der Waals surface area contributed by atoms with Crippen molar-refractivity contribution in [1.82, 2.24) is 14.7 Å². The lowest BCUT2D eigenvalue weighted by molar-refractivity contribution is -0.133. The molecule has 1 aromatic heterocycles. The number of para-hydroxylation sites is 2. The van der Waals surface area contributed by atoms with Crippen LogP contribution in [-0.2, 0) is 14.6 Å². The Labute approximate surface area is 188 Å². The van der Waals surface area contributed by atoms with Crippen molar-refractivity contribution in [3.63, 3.8) is 0 Å². The van der Waals surface area contributed by atoms with E-state index in [1.165, 1.54) is 0 Å². The van der Waals surface area contributed by atoms with E-state index in [9.17, 15) is 13.2 Å². The average Bonchev–Trinajstić information content (AvgIpc) is 3.30. The molecule has 10 heteroatoms. The second kappa shape index (κ2) is 9.01. The van der Waals surface area contributed by atoms with Gasteiger partial charge in [0.1, 0.15) is 0 Å². The third-order valence-electron chi connectivity index (χ3n) is 6.21. The molecular weight excluding hydrogens is 432 g/mol. The highest BCUT2D eigenvalue weighted by molar-refractivity contribution is 7.91. The summed E-state index contributed by atoms with van der Waals surface area (Å²) in [7, 11) is -1.40. The number of nitrogens with zero attached hydrogens (tertiary/aromatic N) is 4. The van der Waals surface area contributed by atoms with Crippen molar-refractivity contribution in [2.45, 2.75) is 26.3 Å². The summed E-state index contributed by atoms with van der Waals surface area (Å²) in [5.74, 6) is 1.47. The van der Waals surface area contributed by atoms with Gasteiger partial charge in [-0.3, -0.25) is 9.48 Å². The van der Waals surface area contributed by atoms with Crippen LogP contribution in [0.2, 0.25) is 0 Å². The predicted octanol–water partition coefficient (Wildman–Crippen LogP) is 1.60. The van der Waals surface area contributed by atoms with E-state index in [1.807, 2.05) is 35.6 Å². The minimum Gasteiger partial charge on any atom is -0.493 e. The van der Waals surface area contributed by atoms with Crippen LogP contribution >= 0.6 is 0 Å². The molecule has 4 rings (SSSR count). The van der Waals surface area contributed by atoms with Crippen LogP contribution in [-0.4, -0.2) is 80.4 Å². The molecule has 0 N–H and O–H groups in total. The van der Waals surface area contributed by atoms with E-state index in [0.29, 0.717) is 44.1 Å². The first-order chi connectivity index (χ1) is 15.3. The van der Waals surface area contributed by atoms with Crippen LogP contribution in [0.1, 0.15) is 23.9 Å². The highest BCUT2D eigenvalue weighted by Crippen LogP contribution is 2.32. The van der Waals surface area contributed by atoms with Gasteiger partial charge in [-0.25, -0.2) is 8.42 Å². The number of aryl methyl sites for hydroxylation is 1. The van der Waals surface area contributed by atoms with Crippen molar-refractivity contribution >= 4 is 21.4 Å². The van der Waals surface area contributed by atoms with Gasteiger partial charge in [0.05, 0.1) is 41.7 Å². The standard InChI is InChI=1S/C22H30N4O5S/c1-16-22(17(2)26(23-16)18-8-13-32(28,29)15-18)25-11-9-24(10-12-25)21(27)14-31-20-7-5-4-6-19(20)30-3/h4-7,18H,8-15H2,1-3H3. The molecule has 0 bridgehead atoms. The van der Waals surface area contributed by atoms with Crippen molar-refractivity contribution < 1.29 is 22.7 Å². The van der Waals surface area contributed by atoms with Crippen molar-refractivity contribution in [1.29, 1.82) is 0 Å². The average molecular weight is 463 g/mol. The van der Waals surface area contributed by atoms with Crippen molar-refractivity contribution in [3.05, 3.63) is 35.7 Å². The van der Waals surface area contributed by atoms with E-state index in [4.69, 9.17) is 9.47 Å². The first-order valence-electron chi connectivity index (χ1n) is 10.8. The number of methoxy groups -OCH3 is 1. The smallest absolute Gasteiger partial charge is 0.260 e. The van der Waals surface area contributed by atoms with Gasteiger partial charge in [-0.15, -0.1) is 0 Å². The van der Waals surface area contributed by atoms with Gasteiger partial charge in [0, 0.05) is 26.2 Å². The third kappa shape index (κ3) is 4.55. The molecule has 2 fully saturated rings. The summed E-state index contributed by atoms with van der Waals surface area (Å²) in [6.45, 7) is 6.49. The Balaban J connectivity index is 1.36. The van der Waals surface area contributed by atoms with Gasteiger partial charge in [0.15, 0.2) is 27.9 Å². The normalized spacial score (nSPS) is 20.4. The molecule has 0 spiro atoms. The lowest BCUT2D eigenvalue weighted by Gasteiger charge is -2.36. The highest BCUT2D eigenvalue weighted by atomic mass is 32.2. The van der Waals surface area contributed by atoms with Crippen LogP contribution in [0.4, 0.5) is 5.69 Å². The minimum absolute atomic E-state index is 0.0352. The molecule has 1 amide bonds. The largest absolute Gasteiger partial charge is 0.493 e. The Hall–Kier alpha value is -2.75. The molecule has 2 aromatic rings. The minimum atomic E-state index is -2.97. The number of ether oxygens (including phenoxy) is 2. The molecule has 0 aliphatic carbocycles. The maximum atomic E-state index is 12.7. The second-order valence-electron chi connectivity index (χ2n) is 8.33. The molecule has 2 saturated heterocycles. The third-order valence-corrected chi connectivity index (χ3v) is 7.96. The Morgan fingerprint density at radius 1 is 1.12 bits per heavy atom. The lowest BCUT2D eigenvalue weighted by atomic mass is 10.2. The zero-order valence-corrected chi connectivity index (χ0v) is 19.6. The number of amides is 1. The summed E-state index contributed by atoms with van der Waals surface area (Å²) >= 11 is 0. The molecule has 0 saturated carbocycles. The number of sulfone groups is 1. The van der Waals surface area contributed by atoms with Crippen molar-refractivity contribution in [2.75, 3.05) is 56.3 Å². The number of rotatable bonds is 6. The number of aromatic nitrogens is 2. The first kappa shape index (κ1) is 22.4. The fourth-order valence-corrected chi connectivity index (χ4v) is 6.28. The summed E-state index contributed by atoms with van der Waals surface area (Å²) in [6.07, 6.45) is 0.609. The van der Waals surface area contributed by atoms with Crippen LogP contribution in [0, 0.1) is 13.8 Å². The summed E-state index contributed by atoms with van der Waals surface area (Å²) < 4.78 is 36.6. The fraction of sp³-hybridized carbons (Fsp3) is 0.545. The molecule has 174 valence electrons. The molecule has 3 heterocycles. The molecule has 2 aliphatic heterocycles. The molecule has 1 aromatic carbocycles. The van der Waals surface area contributed by atoms with E-state index in [-0.39, 0.29) is 30.1 Å². The van der Waals surface area contributed by atoms with E-state index < -0.39 is 9.84 Å². The van der Waals surface area contributed by atoms with Crippen LogP contribution in [0.3, 0.4) is 0 Å². The number of carbonyl (C=O) groups is 1. The SMILES string of the molecule is COc1ccccc1OCC(=O)N1CCN(c2c(C)nn(C3CCS(=O)(=O)C3)c2C)CC1. The number of carbonyl (C=O) groups excluding carboxylic acids is 1. The molecule has 1 atom stereocenters. The van der Waals surface area contributed by atoms with Crippen LogP contribution in [0.25, 0.3) is 0 Å². The van der Waals surface area contributed by atoms with Gasteiger partial charge in [-0.2, -0.15) is 5.10 Å². The van der Waals surface area contributed by atoms with Crippen molar-refractivity contribution in [2.24, 2.45) is 0 Å². The zero-order chi connectivity index (χ0) is 22.9. The summed E-state index contributed by atoms with van der Waals surface area (Å²) in [5.41, 5.74) is 2.93. The topological polar surface area (TPSA) is 94.0 Å². The van der Waals surface area contributed by atoms with Gasteiger partial charge in [-0.05, 0) is 32.4 Å². The van der Waals surface area contributed by atoms with Gasteiger partial charge in [0.2, 0.25) is 0 Å². The Kier molecular flexibility index (Phi) is 6.32. The van der Waals surface area contributed by atoms with Crippen LogP contribution in [0.15, 0.2) is 24.3 Å². The van der Waals surface area contributed by atoms with E-state index in [2.05, 4.69) is 10.00 Å². The molecule has 9 nitrogen and oxygen atoms in total. The first-order valence-corrected chi connectivity index (χ1v) is 12.7. The Bertz CT molecular complexity index is 1090. The van der Waals surface area contributed by atoms with E-state index in [0.717, 1.165) is 17.1 Å². The molecule has 2 aliphatic rings. The van der Waals surface area contributed by atoms with Crippen molar-refractivity contribution in [3.8, 4) is 11.5 Å². The quantitative estimate of drug-likeness (QED) is 0.644. The maximum Gasteiger partial charge on any atom is 0.260 e. The number of piperazine rings is 1. The van der Waals surface area contributed by atoms with Gasteiger partial charge in [0.25, 0.3) is 5.91 Å². The van der Waals surface area contributed by atoms with Gasteiger partial charge in [-0.1, -0.05) is 12.1 Å². The van der Waals surface area contributed by atoms with E-state index >= 15 is 0 Å². The Morgan fingerprint density at radius 2 is 1.81 bits per heavy atom. The number of hydrogen-bond donors (Lipinski definition) is 0. The van der Waals surface area contributed by atoms with E-state index in [1.54, 1.807) is 19.2 Å². The number of hydrogen-bond acceptors (Lipinski definition) is 7. The molecule has 1 unspecified atom stereocenters. The summed E-state index contributed by atoms with van der Waals surface area (Å²) in [6, 6.07) is 7.17.